The Hall–Kier alpha value is -2.17. The monoisotopic (exact) mass is 258 g/mol. The number of pyridine rings is 1. The molecule has 19 heavy (non-hydrogen) atoms. The minimum Gasteiger partial charge on any atom is -0.349 e. The molecular weight excluding hydrogens is 240 g/mol. The largest absolute Gasteiger partial charge is 0.349 e. The van der Waals surface area contributed by atoms with E-state index in [1.54, 1.807) is 29.4 Å². The van der Waals surface area contributed by atoms with Gasteiger partial charge in [-0.05, 0) is 25.0 Å². The molecule has 0 saturated carbocycles. The Kier molecular flexibility index (Phi) is 4.28. The third-order valence-electron chi connectivity index (χ3n) is 3.10. The number of carbonyl (C=O) groups excluding carboxylic acids is 1. The second-order valence-electron chi connectivity index (χ2n) is 4.36. The average Bonchev–Trinajstić information content (AvgIpc) is 2.99. The lowest BCUT2D eigenvalue weighted by atomic mass is 10.1. The zero-order valence-corrected chi connectivity index (χ0v) is 11.2. The molecule has 0 atom stereocenters. The first-order chi connectivity index (χ1) is 9.24. The fourth-order valence-corrected chi connectivity index (χ4v) is 1.83. The van der Waals surface area contributed by atoms with Crippen LogP contribution in [-0.4, -0.2) is 26.5 Å². The number of aromatic nitrogens is 3. The fraction of sp³-hybridized carbons (Fsp3) is 0.357. The molecule has 2 heterocycles. The van der Waals surface area contributed by atoms with Gasteiger partial charge in [0.1, 0.15) is 12.1 Å². The Balaban J connectivity index is 2.08. The SMILES string of the molecule is CCC(CC)NC(=O)c1ccc(-n2ccnc2)nc1. The maximum absolute atomic E-state index is 12.0. The molecule has 0 unspecified atom stereocenters. The first kappa shape index (κ1) is 13.3. The molecule has 1 N–H and O–H groups in total. The van der Waals surface area contributed by atoms with Crippen LogP contribution in [-0.2, 0) is 0 Å². The van der Waals surface area contributed by atoms with Crippen LogP contribution in [0.5, 0.6) is 0 Å². The second kappa shape index (κ2) is 6.13. The summed E-state index contributed by atoms with van der Waals surface area (Å²) in [4.78, 5) is 20.2. The van der Waals surface area contributed by atoms with E-state index in [4.69, 9.17) is 0 Å². The van der Waals surface area contributed by atoms with E-state index in [-0.39, 0.29) is 11.9 Å². The van der Waals surface area contributed by atoms with Crippen molar-refractivity contribution < 1.29 is 4.79 Å². The van der Waals surface area contributed by atoms with Crippen LogP contribution in [0.4, 0.5) is 0 Å². The molecule has 2 rings (SSSR count). The van der Waals surface area contributed by atoms with Gasteiger partial charge in [0.25, 0.3) is 5.91 Å². The van der Waals surface area contributed by atoms with Gasteiger partial charge in [0.15, 0.2) is 0 Å². The molecule has 5 nitrogen and oxygen atoms in total. The van der Waals surface area contributed by atoms with E-state index < -0.39 is 0 Å². The maximum atomic E-state index is 12.0. The van der Waals surface area contributed by atoms with Crippen LogP contribution < -0.4 is 5.32 Å². The average molecular weight is 258 g/mol. The number of imidazole rings is 1. The molecule has 2 aromatic heterocycles. The quantitative estimate of drug-likeness (QED) is 0.894. The van der Waals surface area contributed by atoms with Crippen molar-refractivity contribution in [2.24, 2.45) is 0 Å². The lowest BCUT2D eigenvalue weighted by molar-refractivity contribution is 0.0934. The van der Waals surface area contributed by atoms with Gasteiger partial charge in [0.2, 0.25) is 0 Å². The van der Waals surface area contributed by atoms with Gasteiger partial charge in [-0.1, -0.05) is 13.8 Å². The van der Waals surface area contributed by atoms with Crippen LogP contribution in [0.15, 0.2) is 37.1 Å². The highest BCUT2D eigenvalue weighted by Gasteiger charge is 2.11. The first-order valence-corrected chi connectivity index (χ1v) is 6.49. The van der Waals surface area contributed by atoms with Crippen LogP contribution >= 0.6 is 0 Å². The van der Waals surface area contributed by atoms with Gasteiger partial charge >= 0.3 is 0 Å². The fourth-order valence-electron chi connectivity index (χ4n) is 1.83. The number of nitrogens with one attached hydrogen (secondary N) is 1. The summed E-state index contributed by atoms with van der Waals surface area (Å²) in [7, 11) is 0. The Morgan fingerprint density at radius 3 is 2.68 bits per heavy atom. The summed E-state index contributed by atoms with van der Waals surface area (Å²) in [6.45, 7) is 4.13. The lowest BCUT2D eigenvalue weighted by Crippen LogP contribution is -2.33. The van der Waals surface area contributed by atoms with Crippen LogP contribution in [0.1, 0.15) is 37.0 Å². The summed E-state index contributed by atoms with van der Waals surface area (Å²) in [5, 5.41) is 2.99. The third kappa shape index (κ3) is 3.19. The van der Waals surface area contributed by atoms with E-state index in [0.29, 0.717) is 5.56 Å². The minimum atomic E-state index is -0.0709. The topological polar surface area (TPSA) is 59.8 Å². The Labute approximate surface area is 112 Å². The van der Waals surface area contributed by atoms with Gasteiger partial charge in [-0.3, -0.25) is 9.36 Å². The molecule has 0 fully saturated rings. The van der Waals surface area contributed by atoms with Crippen molar-refractivity contribution in [3.8, 4) is 5.82 Å². The van der Waals surface area contributed by atoms with Crippen LogP contribution in [0.3, 0.4) is 0 Å². The van der Waals surface area contributed by atoms with Gasteiger partial charge < -0.3 is 5.32 Å². The van der Waals surface area contributed by atoms with E-state index in [1.807, 2.05) is 12.3 Å². The highest BCUT2D eigenvalue weighted by molar-refractivity contribution is 5.94. The number of hydrogen-bond acceptors (Lipinski definition) is 3. The zero-order valence-electron chi connectivity index (χ0n) is 11.2. The minimum absolute atomic E-state index is 0.0709. The Morgan fingerprint density at radius 1 is 1.37 bits per heavy atom. The second-order valence-corrected chi connectivity index (χ2v) is 4.36. The predicted molar refractivity (Wildman–Crippen MR) is 73.2 cm³/mol. The first-order valence-electron chi connectivity index (χ1n) is 6.49. The summed E-state index contributed by atoms with van der Waals surface area (Å²) in [5.74, 6) is 0.676. The highest BCUT2D eigenvalue weighted by atomic mass is 16.1. The van der Waals surface area contributed by atoms with Crippen molar-refractivity contribution in [1.82, 2.24) is 19.9 Å². The number of nitrogens with zero attached hydrogens (tertiary/aromatic N) is 3. The number of hydrogen-bond donors (Lipinski definition) is 1. The number of rotatable bonds is 5. The highest BCUT2D eigenvalue weighted by Crippen LogP contribution is 2.06. The van der Waals surface area contributed by atoms with Crippen molar-refractivity contribution in [3.63, 3.8) is 0 Å². The Bertz CT molecular complexity index is 515. The molecule has 0 saturated heterocycles. The van der Waals surface area contributed by atoms with Gasteiger partial charge in [-0.25, -0.2) is 9.97 Å². The van der Waals surface area contributed by atoms with Gasteiger partial charge in [-0.15, -0.1) is 0 Å². The molecule has 5 heteroatoms. The maximum Gasteiger partial charge on any atom is 0.253 e. The number of amides is 1. The lowest BCUT2D eigenvalue weighted by Gasteiger charge is -2.14. The number of carbonyl (C=O) groups is 1. The van der Waals surface area contributed by atoms with Crippen molar-refractivity contribution in [2.45, 2.75) is 32.7 Å². The Morgan fingerprint density at radius 2 is 2.16 bits per heavy atom. The standard InChI is InChI=1S/C14H18N4O/c1-3-12(4-2)17-14(19)11-5-6-13(16-9-11)18-8-7-15-10-18/h5-10,12H,3-4H2,1-2H3,(H,17,19). The molecule has 0 aliphatic heterocycles. The van der Waals surface area contributed by atoms with Crippen LogP contribution in [0.2, 0.25) is 0 Å². The molecule has 0 aromatic carbocycles. The summed E-state index contributed by atoms with van der Waals surface area (Å²) >= 11 is 0. The van der Waals surface area contributed by atoms with E-state index in [1.165, 1.54) is 0 Å². The van der Waals surface area contributed by atoms with Crippen molar-refractivity contribution in [1.29, 1.82) is 0 Å². The van der Waals surface area contributed by atoms with Crippen molar-refractivity contribution in [3.05, 3.63) is 42.6 Å². The van der Waals surface area contributed by atoms with E-state index in [9.17, 15) is 4.79 Å². The summed E-state index contributed by atoms with van der Waals surface area (Å²) in [5.41, 5.74) is 0.579. The van der Waals surface area contributed by atoms with E-state index in [2.05, 4.69) is 29.1 Å². The molecule has 0 bridgehead atoms. The van der Waals surface area contributed by atoms with Crippen molar-refractivity contribution in [2.75, 3.05) is 0 Å². The van der Waals surface area contributed by atoms with Crippen molar-refractivity contribution >= 4 is 5.91 Å². The third-order valence-corrected chi connectivity index (χ3v) is 3.10. The molecule has 0 radical (unpaired) electrons. The summed E-state index contributed by atoms with van der Waals surface area (Å²) in [6.07, 6.45) is 8.63. The molecular formula is C14H18N4O. The summed E-state index contributed by atoms with van der Waals surface area (Å²) in [6, 6.07) is 3.81. The van der Waals surface area contributed by atoms with Gasteiger partial charge in [-0.2, -0.15) is 0 Å². The molecule has 2 aromatic rings. The summed E-state index contributed by atoms with van der Waals surface area (Å²) < 4.78 is 1.79. The molecule has 0 aliphatic rings. The van der Waals surface area contributed by atoms with Crippen LogP contribution in [0, 0.1) is 0 Å². The molecule has 100 valence electrons. The normalized spacial score (nSPS) is 10.7. The zero-order chi connectivity index (χ0) is 13.7. The molecule has 1 amide bonds. The van der Waals surface area contributed by atoms with E-state index >= 15 is 0 Å². The van der Waals surface area contributed by atoms with Gasteiger partial charge in [0, 0.05) is 24.6 Å². The van der Waals surface area contributed by atoms with Crippen LogP contribution in [0.25, 0.3) is 5.82 Å². The molecule has 0 spiro atoms. The predicted octanol–water partition coefficient (Wildman–Crippen LogP) is 2.19. The molecule has 0 aliphatic carbocycles. The smallest absolute Gasteiger partial charge is 0.253 e. The van der Waals surface area contributed by atoms with Gasteiger partial charge in [0.05, 0.1) is 5.56 Å². The van der Waals surface area contributed by atoms with E-state index in [0.717, 1.165) is 18.7 Å².